The van der Waals surface area contributed by atoms with E-state index in [1.54, 1.807) is 37.4 Å². The quantitative estimate of drug-likeness (QED) is 0.784. The van der Waals surface area contributed by atoms with Gasteiger partial charge in [-0.3, -0.25) is 4.31 Å². The first-order valence-electron chi connectivity index (χ1n) is 6.83. The zero-order valence-corrected chi connectivity index (χ0v) is 15.1. The fourth-order valence-electron chi connectivity index (χ4n) is 2.24. The summed E-state index contributed by atoms with van der Waals surface area (Å²) < 4.78 is 33.2. The van der Waals surface area contributed by atoms with E-state index in [0.717, 1.165) is 10.0 Å². The van der Waals surface area contributed by atoms with Gasteiger partial charge in [-0.2, -0.15) is 0 Å². The lowest BCUT2D eigenvalue weighted by Gasteiger charge is -2.23. The Balaban J connectivity index is 2.47. The molecule has 2 rings (SSSR count). The molecule has 0 aliphatic heterocycles. The molecule has 0 saturated carbocycles. The van der Waals surface area contributed by atoms with Crippen LogP contribution in [0.1, 0.15) is 12.5 Å². The molecule has 0 aliphatic rings. The first-order valence-corrected chi connectivity index (χ1v) is 9.06. The molecule has 0 fully saturated rings. The van der Waals surface area contributed by atoms with Gasteiger partial charge in [-0.25, -0.2) is 8.42 Å². The first kappa shape index (κ1) is 16.8. The molecule has 6 heteroatoms. The number of sulfonamides is 1. The number of halogens is 1. The van der Waals surface area contributed by atoms with E-state index in [-0.39, 0.29) is 4.90 Å². The standard InChI is InChI=1S/C16H18BrNO3S/c1-4-18(14-7-5-13(17)6-8-14)22(19,20)15-9-10-16(21-3)12(2)11-15/h5-11H,4H2,1-3H3. The topological polar surface area (TPSA) is 46.6 Å². The lowest BCUT2D eigenvalue weighted by molar-refractivity contribution is 0.411. The Kier molecular flexibility index (Phi) is 5.13. The van der Waals surface area contributed by atoms with Crippen molar-refractivity contribution in [3.63, 3.8) is 0 Å². The molecule has 0 atom stereocenters. The monoisotopic (exact) mass is 383 g/mol. The number of hydrogen-bond acceptors (Lipinski definition) is 3. The van der Waals surface area contributed by atoms with Gasteiger partial charge in [-0.05, 0) is 61.9 Å². The van der Waals surface area contributed by atoms with E-state index >= 15 is 0 Å². The van der Waals surface area contributed by atoms with Gasteiger partial charge in [0, 0.05) is 11.0 Å². The number of hydrogen-bond donors (Lipinski definition) is 0. The van der Waals surface area contributed by atoms with Crippen LogP contribution in [0.2, 0.25) is 0 Å². The van der Waals surface area contributed by atoms with Crippen molar-refractivity contribution in [2.24, 2.45) is 0 Å². The van der Waals surface area contributed by atoms with E-state index in [0.29, 0.717) is 18.0 Å². The third-order valence-corrected chi connectivity index (χ3v) is 5.78. The zero-order valence-electron chi connectivity index (χ0n) is 12.7. The summed E-state index contributed by atoms with van der Waals surface area (Å²) in [7, 11) is -2.04. The van der Waals surface area contributed by atoms with Crippen molar-refractivity contribution in [1.82, 2.24) is 0 Å². The van der Waals surface area contributed by atoms with Gasteiger partial charge >= 0.3 is 0 Å². The van der Waals surface area contributed by atoms with Crippen LogP contribution in [0, 0.1) is 6.92 Å². The molecule has 22 heavy (non-hydrogen) atoms. The predicted molar refractivity (Wildman–Crippen MR) is 92.1 cm³/mol. The highest BCUT2D eigenvalue weighted by molar-refractivity contribution is 9.10. The molecule has 118 valence electrons. The summed E-state index contributed by atoms with van der Waals surface area (Å²) in [6.45, 7) is 4.00. The molecule has 0 unspecified atom stereocenters. The number of ether oxygens (including phenoxy) is 1. The van der Waals surface area contributed by atoms with E-state index in [2.05, 4.69) is 15.9 Å². The van der Waals surface area contributed by atoms with Gasteiger partial charge in [0.15, 0.2) is 0 Å². The average Bonchev–Trinajstić information content (AvgIpc) is 2.49. The van der Waals surface area contributed by atoms with Crippen LogP contribution in [0.4, 0.5) is 5.69 Å². The maximum atomic E-state index is 12.9. The van der Waals surface area contributed by atoms with Crippen LogP contribution < -0.4 is 9.04 Å². The minimum atomic E-state index is -3.60. The Hall–Kier alpha value is -1.53. The van der Waals surface area contributed by atoms with Crippen LogP contribution in [-0.4, -0.2) is 22.1 Å². The summed E-state index contributed by atoms with van der Waals surface area (Å²) in [5, 5.41) is 0. The molecule has 0 aliphatic carbocycles. The summed E-state index contributed by atoms with van der Waals surface area (Å²) in [5.74, 6) is 0.672. The SMILES string of the molecule is CCN(c1ccc(Br)cc1)S(=O)(=O)c1ccc(OC)c(C)c1. The van der Waals surface area contributed by atoms with Crippen LogP contribution in [-0.2, 0) is 10.0 Å². The van der Waals surface area contributed by atoms with Gasteiger partial charge in [-0.15, -0.1) is 0 Å². The molecule has 0 aromatic heterocycles. The van der Waals surface area contributed by atoms with Gasteiger partial charge in [0.1, 0.15) is 5.75 Å². The van der Waals surface area contributed by atoms with Crippen LogP contribution in [0.3, 0.4) is 0 Å². The molecule has 0 amide bonds. The summed E-state index contributed by atoms with van der Waals surface area (Å²) in [5.41, 5.74) is 1.43. The van der Waals surface area contributed by atoms with Crippen LogP contribution >= 0.6 is 15.9 Å². The molecule has 0 N–H and O–H groups in total. The summed E-state index contributed by atoms with van der Waals surface area (Å²) in [6.07, 6.45) is 0. The molecular formula is C16H18BrNO3S. The van der Waals surface area contributed by atoms with Crippen LogP contribution in [0.5, 0.6) is 5.75 Å². The molecule has 0 spiro atoms. The number of benzene rings is 2. The third-order valence-electron chi connectivity index (χ3n) is 3.36. The van der Waals surface area contributed by atoms with Crippen molar-refractivity contribution in [2.75, 3.05) is 18.0 Å². The second kappa shape index (κ2) is 6.71. The van der Waals surface area contributed by atoms with Gasteiger partial charge in [0.2, 0.25) is 0 Å². The number of rotatable bonds is 5. The smallest absolute Gasteiger partial charge is 0.264 e. The van der Waals surface area contributed by atoms with Gasteiger partial charge in [-0.1, -0.05) is 15.9 Å². The van der Waals surface area contributed by atoms with E-state index < -0.39 is 10.0 Å². The third kappa shape index (κ3) is 3.28. The molecule has 0 heterocycles. The van der Waals surface area contributed by atoms with Crippen molar-refractivity contribution in [3.05, 3.63) is 52.5 Å². The van der Waals surface area contributed by atoms with Crippen molar-refractivity contribution in [3.8, 4) is 5.75 Å². The Labute approximate surface area is 139 Å². The fraction of sp³-hybridized carbons (Fsp3) is 0.250. The number of anilines is 1. The first-order chi connectivity index (χ1) is 10.4. The van der Waals surface area contributed by atoms with Crippen LogP contribution in [0.15, 0.2) is 51.8 Å². The Morgan fingerprint density at radius 1 is 1.14 bits per heavy atom. The van der Waals surface area contributed by atoms with E-state index in [9.17, 15) is 8.42 Å². The van der Waals surface area contributed by atoms with E-state index in [1.165, 1.54) is 4.31 Å². The largest absolute Gasteiger partial charge is 0.496 e. The Morgan fingerprint density at radius 2 is 1.77 bits per heavy atom. The van der Waals surface area contributed by atoms with Crippen molar-refractivity contribution < 1.29 is 13.2 Å². The highest BCUT2D eigenvalue weighted by Gasteiger charge is 2.24. The lowest BCUT2D eigenvalue weighted by Crippen LogP contribution is -2.30. The Bertz CT molecular complexity index is 757. The van der Waals surface area contributed by atoms with Gasteiger partial charge < -0.3 is 4.74 Å². The van der Waals surface area contributed by atoms with E-state index in [1.807, 2.05) is 26.0 Å². The molecular weight excluding hydrogens is 366 g/mol. The highest BCUT2D eigenvalue weighted by Crippen LogP contribution is 2.27. The van der Waals surface area contributed by atoms with Crippen molar-refractivity contribution in [1.29, 1.82) is 0 Å². The minimum Gasteiger partial charge on any atom is -0.496 e. The van der Waals surface area contributed by atoms with Crippen molar-refractivity contribution >= 4 is 31.6 Å². The maximum absolute atomic E-state index is 12.9. The molecule has 0 bridgehead atoms. The number of aryl methyl sites for hydroxylation is 1. The lowest BCUT2D eigenvalue weighted by atomic mass is 10.2. The number of nitrogens with zero attached hydrogens (tertiary/aromatic N) is 1. The van der Waals surface area contributed by atoms with Crippen molar-refractivity contribution in [2.45, 2.75) is 18.7 Å². The average molecular weight is 384 g/mol. The summed E-state index contributed by atoms with van der Waals surface area (Å²) in [6, 6.07) is 12.1. The highest BCUT2D eigenvalue weighted by atomic mass is 79.9. The minimum absolute atomic E-state index is 0.260. The van der Waals surface area contributed by atoms with Crippen LogP contribution in [0.25, 0.3) is 0 Å². The van der Waals surface area contributed by atoms with Gasteiger partial charge in [0.25, 0.3) is 10.0 Å². The maximum Gasteiger partial charge on any atom is 0.264 e. The van der Waals surface area contributed by atoms with Gasteiger partial charge in [0.05, 0.1) is 17.7 Å². The Morgan fingerprint density at radius 3 is 2.27 bits per heavy atom. The molecule has 2 aromatic carbocycles. The second-order valence-electron chi connectivity index (χ2n) is 4.78. The summed E-state index contributed by atoms with van der Waals surface area (Å²) >= 11 is 3.36. The zero-order chi connectivity index (χ0) is 16.3. The molecule has 0 saturated heterocycles. The molecule has 4 nitrogen and oxygen atoms in total. The molecule has 0 radical (unpaired) electrons. The number of methoxy groups -OCH3 is 1. The normalized spacial score (nSPS) is 11.3. The summed E-state index contributed by atoms with van der Waals surface area (Å²) in [4.78, 5) is 0.260. The predicted octanol–water partition coefficient (Wildman–Crippen LogP) is 3.98. The molecule has 2 aromatic rings. The van der Waals surface area contributed by atoms with E-state index in [4.69, 9.17) is 4.74 Å². The second-order valence-corrected chi connectivity index (χ2v) is 7.56. The fourth-order valence-corrected chi connectivity index (χ4v) is 4.06.